The SMILES string of the molecule is CCCCC[N+](C)(CC)CC. The molecule has 0 atom stereocenters. The predicted molar refractivity (Wildman–Crippen MR) is 51.7 cm³/mol. The zero-order chi connectivity index (χ0) is 8.74. The van der Waals surface area contributed by atoms with Crippen molar-refractivity contribution in [2.24, 2.45) is 0 Å². The molecule has 0 aliphatic carbocycles. The van der Waals surface area contributed by atoms with Crippen LogP contribution in [0.1, 0.15) is 40.0 Å². The van der Waals surface area contributed by atoms with Crippen LogP contribution in [0.15, 0.2) is 0 Å². The number of nitrogens with zero attached hydrogens (tertiary/aromatic N) is 1. The quantitative estimate of drug-likeness (QED) is 0.412. The molecule has 0 radical (unpaired) electrons. The van der Waals surface area contributed by atoms with Gasteiger partial charge in [-0.15, -0.1) is 0 Å². The molecule has 0 heterocycles. The van der Waals surface area contributed by atoms with E-state index in [4.69, 9.17) is 0 Å². The summed E-state index contributed by atoms with van der Waals surface area (Å²) < 4.78 is 1.25. The van der Waals surface area contributed by atoms with Crippen molar-refractivity contribution in [2.45, 2.75) is 40.0 Å². The zero-order valence-corrected chi connectivity index (χ0v) is 8.69. The summed E-state index contributed by atoms with van der Waals surface area (Å²) >= 11 is 0. The molecule has 0 spiro atoms. The minimum absolute atomic E-state index is 1.25. The van der Waals surface area contributed by atoms with Gasteiger partial charge in [0.05, 0.1) is 26.7 Å². The molecule has 0 aromatic carbocycles. The molecule has 0 amide bonds. The number of hydrogen-bond acceptors (Lipinski definition) is 0. The Bertz CT molecular complexity index is 84.9. The van der Waals surface area contributed by atoms with Crippen molar-refractivity contribution < 1.29 is 4.48 Å². The van der Waals surface area contributed by atoms with Gasteiger partial charge in [-0.1, -0.05) is 13.3 Å². The van der Waals surface area contributed by atoms with E-state index in [1.54, 1.807) is 0 Å². The van der Waals surface area contributed by atoms with Crippen LogP contribution in [0.2, 0.25) is 0 Å². The summed E-state index contributed by atoms with van der Waals surface area (Å²) in [5.74, 6) is 0. The van der Waals surface area contributed by atoms with Gasteiger partial charge in [0.25, 0.3) is 0 Å². The van der Waals surface area contributed by atoms with Crippen molar-refractivity contribution in [3.05, 3.63) is 0 Å². The normalized spacial score (nSPS) is 12.0. The molecule has 0 N–H and O–H groups in total. The van der Waals surface area contributed by atoms with Gasteiger partial charge in [0, 0.05) is 0 Å². The van der Waals surface area contributed by atoms with E-state index in [-0.39, 0.29) is 0 Å². The Balaban J connectivity index is 3.51. The van der Waals surface area contributed by atoms with Gasteiger partial charge >= 0.3 is 0 Å². The lowest BCUT2D eigenvalue weighted by Crippen LogP contribution is -2.44. The molecule has 1 heteroatoms. The highest BCUT2D eigenvalue weighted by Crippen LogP contribution is 2.05. The summed E-state index contributed by atoms with van der Waals surface area (Å²) in [6.07, 6.45) is 4.13. The fourth-order valence-electron chi connectivity index (χ4n) is 1.28. The van der Waals surface area contributed by atoms with Crippen LogP contribution in [-0.2, 0) is 0 Å². The van der Waals surface area contributed by atoms with Crippen molar-refractivity contribution in [1.29, 1.82) is 0 Å². The van der Waals surface area contributed by atoms with Crippen LogP contribution in [0.5, 0.6) is 0 Å². The molecule has 11 heavy (non-hydrogen) atoms. The van der Waals surface area contributed by atoms with E-state index in [0.717, 1.165) is 0 Å². The average Bonchev–Trinajstić information content (AvgIpc) is 2.05. The molecule has 0 aliphatic heterocycles. The summed E-state index contributed by atoms with van der Waals surface area (Å²) in [5, 5.41) is 0. The van der Waals surface area contributed by atoms with E-state index in [9.17, 15) is 0 Å². The maximum Gasteiger partial charge on any atom is 0.0784 e. The highest BCUT2D eigenvalue weighted by atomic mass is 15.3. The van der Waals surface area contributed by atoms with Crippen LogP contribution in [0, 0.1) is 0 Å². The van der Waals surface area contributed by atoms with Gasteiger partial charge in [-0.3, -0.25) is 0 Å². The minimum atomic E-state index is 1.25. The molecule has 0 saturated heterocycles. The number of quaternary nitrogens is 1. The third-order valence-corrected chi connectivity index (χ3v) is 2.83. The Morgan fingerprint density at radius 1 is 0.909 bits per heavy atom. The van der Waals surface area contributed by atoms with Crippen LogP contribution >= 0.6 is 0 Å². The molecule has 0 aromatic heterocycles. The van der Waals surface area contributed by atoms with Gasteiger partial charge < -0.3 is 4.48 Å². The largest absolute Gasteiger partial charge is 0.327 e. The number of unbranched alkanes of at least 4 members (excludes halogenated alkanes) is 2. The molecule has 0 unspecified atom stereocenters. The second-order valence-corrected chi connectivity index (χ2v) is 3.68. The third-order valence-electron chi connectivity index (χ3n) is 2.83. The van der Waals surface area contributed by atoms with E-state index >= 15 is 0 Å². The highest BCUT2D eigenvalue weighted by Gasteiger charge is 2.14. The van der Waals surface area contributed by atoms with Crippen LogP contribution in [0.25, 0.3) is 0 Å². The predicted octanol–water partition coefficient (Wildman–Crippen LogP) is 2.66. The standard InChI is InChI=1S/C10H24N/c1-5-8-9-10-11(4,6-2)7-3/h5-10H2,1-4H3/q+1. The monoisotopic (exact) mass is 158 g/mol. The topological polar surface area (TPSA) is 0 Å². The maximum atomic E-state index is 2.36. The number of rotatable bonds is 6. The van der Waals surface area contributed by atoms with Crippen molar-refractivity contribution >= 4 is 0 Å². The summed E-state index contributed by atoms with van der Waals surface area (Å²) in [6, 6.07) is 0. The van der Waals surface area contributed by atoms with Gasteiger partial charge in [-0.05, 0) is 26.7 Å². The Morgan fingerprint density at radius 3 is 1.82 bits per heavy atom. The molecule has 0 fully saturated rings. The second kappa shape index (κ2) is 5.59. The van der Waals surface area contributed by atoms with Gasteiger partial charge in [0.2, 0.25) is 0 Å². The van der Waals surface area contributed by atoms with Gasteiger partial charge in [-0.2, -0.15) is 0 Å². The summed E-state index contributed by atoms with van der Waals surface area (Å²) in [4.78, 5) is 0. The number of hydrogen-bond donors (Lipinski definition) is 0. The van der Waals surface area contributed by atoms with Gasteiger partial charge in [-0.25, -0.2) is 0 Å². The van der Waals surface area contributed by atoms with Crippen LogP contribution < -0.4 is 0 Å². The summed E-state index contributed by atoms with van der Waals surface area (Å²) in [5.41, 5.74) is 0. The fraction of sp³-hybridized carbons (Fsp3) is 1.00. The molecule has 0 aliphatic rings. The lowest BCUT2D eigenvalue weighted by Gasteiger charge is -2.32. The van der Waals surface area contributed by atoms with E-state index < -0.39 is 0 Å². The minimum Gasteiger partial charge on any atom is -0.327 e. The maximum absolute atomic E-state index is 2.36. The van der Waals surface area contributed by atoms with Gasteiger partial charge in [0.15, 0.2) is 0 Å². The zero-order valence-electron chi connectivity index (χ0n) is 8.69. The van der Waals surface area contributed by atoms with Crippen molar-refractivity contribution in [3.63, 3.8) is 0 Å². The van der Waals surface area contributed by atoms with Gasteiger partial charge in [0.1, 0.15) is 0 Å². The lowest BCUT2D eigenvalue weighted by atomic mass is 10.2. The highest BCUT2D eigenvalue weighted by molar-refractivity contribution is 4.38. The first-order chi connectivity index (χ1) is 5.18. The molecular formula is C10H24N+. The molecule has 68 valence electrons. The fourth-order valence-corrected chi connectivity index (χ4v) is 1.28. The van der Waals surface area contributed by atoms with E-state index in [0.29, 0.717) is 0 Å². The molecule has 0 bridgehead atoms. The first-order valence-corrected chi connectivity index (χ1v) is 5.02. The van der Waals surface area contributed by atoms with E-state index in [1.165, 1.54) is 43.4 Å². The molecule has 0 aromatic rings. The summed E-state index contributed by atoms with van der Waals surface area (Å²) in [6.45, 7) is 10.8. The third kappa shape index (κ3) is 4.41. The molecular weight excluding hydrogens is 134 g/mol. The Hall–Kier alpha value is -0.0400. The first-order valence-electron chi connectivity index (χ1n) is 5.02. The van der Waals surface area contributed by atoms with Crippen LogP contribution in [-0.4, -0.2) is 31.2 Å². The van der Waals surface area contributed by atoms with E-state index in [1.807, 2.05) is 0 Å². The lowest BCUT2D eigenvalue weighted by molar-refractivity contribution is -0.906. The Morgan fingerprint density at radius 2 is 1.45 bits per heavy atom. The first kappa shape index (κ1) is 11.0. The smallest absolute Gasteiger partial charge is 0.0784 e. The van der Waals surface area contributed by atoms with Crippen molar-refractivity contribution in [2.75, 3.05) is 26.7 Å². The molecule has 0 saturated carbocycles. The second-order valence-electron chi connectivity index (χ2n) is 3.68. The van der Waals surface area contributed by atoms with Crippen LogP contribution in [0.3, 0.4) is 0 Å². The molecule has 1 nitrogen and oxygen atoms in total. The van der Waals surface area contributed by atoms with E-state index in [2.05, 4.69) is 27.8 Å². The van der Waals surface area contributed by atoms with Crippen LogP contribution in [0.4, 0.5) is 0 Å². The molecule has 0 rings (SSSR count). The Kier molecular flexibility index (Phi) is 5.57. The Labute approximate surface area is 72.0 Å². The van der Waals surface area contributed by atoms with Crippen molar-refractivity contribution in [3.8, 4) is 0 Å². The van der Waals surface area contributed by atoms with Crippen molar-refractivity contribution in [1.82, 2.24) is 0 Å². The summed E-state index contributed by atoms with van der Waals surface area (Å²) in [7, 11) is 2.36. The average molecular weight is 158 g/mol.